The lowest BCUT2D eigenvalue weighted by Crippen LogP contribution is -2.39. The Bertz CT molecular complexity index is 375. The third-order valence-corrected chi connectivity index (χ3v) is 1.97. The van der Waals surface area contributed by atoms with Gasteiger partial charge in [0.1, 0.15) is 0 Å². The SMILES string of the molecule is CC(=O)NC(O)C(=O)c1ccc(Cl)cc1. The Labute approximate surface area is 91.9 Å². The maximum absolute atomic E-state index is 11.5. The lowest BCUT2D eigenvalue weighted by molar-refractivity contribution is -0.121. The summed E-state index contributed by atoms with van der Waals surface area (Å²) in [5.41, 5.74) is 0.292. The van der Waals surface area contributed by atoms with Crippen LogP contribution in [0.5, 0.6) is 0 Å². The first-order valence-corrected chi connectivity index (χ1v) is 4.63. The van der Waals surface area contributed by atoms with Gasteiger partial charge in [-0.3, -0.25) is 9.59 Å². The summed E-state index contributed by atoms with van der Waals surface area (Å²) in [4.78, 5) is 22.1. The molecular formula is C10H10ClNO3. The number of hydrogen-bond acceptors (Lipinski definition) is 3. The molecule has 0 aromatic heterocycles. The normalized spacial score (nSPS) is 11.9. The molecule has 4 nitrogen and oxygen atoms in total. The molecule has 0 saturated carbocycles. The van der Waals surface area contributed by atoms with Crippen LogP contribution < -0.4 is 5.32 Å². The zero-order valence-electron chi connectivity index (χ0n) is 8.03. The molecule has 15 heavy (non-hydrogen) atoms. The quantitative estimate of drug-likeness (QED) is 0.598. The number of carbonyl (C=O) groups is 2. The second-order valence-corrected chi connectivity index (χ2v) is 3.41. The van der Waals surface area contributed by atoms with Crippen molar-refractivity contribution in [2.45, 2.75) is 13.2 Å². The summed E-state index contributed by atoms with van der Waals surface area (Å²) in [6.07, 6.45) is -1.51. The van der Waals surface area contributed by atoms with E-state index >= 15 is 0 Å². The molecule has 0 aliphatic rings. The van der Waals surface area contributed by atoms with Gasteiger partial charge in [0.25, 0.3) is 0 Å². The van der Waals surface area contributed by atoms with Crippen LogP contribution in [0.4, 0.5) is 0 Å². The van der Waals surface area contributed by atoms with Crippen molar-refractivity contribution in [1.29, 1.82) is 0 Å². The van der Waals surface area contributed by atoms with Gasteiger partial charge in [-0.2, -0.15) is 0 Å². The molecule has 0 heterocycles. The van der Waals surface area contributed by atoms with Gasteiger partial charge in [-0.1, -0.05) is 11.6 Å². The molecule has 1 atom stereocenters. The molecule has 1 rings (SSSR count). The predicted octanol–water partition coefficient (Wildman–Crippen LogP) is 0.977. The molecule has 1 unspecified atom stereocenters. The highest BCUT2D eigenvalue weighted by Gasteiger charge is 2.17. The van der Waals surface area contributed by atoms with Crippen LogP contribution in [0.25, 0.3) is 0 Å². The minimum atomic E-state index is -1.51. The van der Waals surface area contributed by atoms with Crippen LogP contribution in [0.3, 0.4) is 0 Å². The Hall–Kier alpha value is -1.39. The van der Waals surface area contributed by atoms with E-state index in [1.54, 1.807) is 0 Å². The maximum atomic E-state index is 11.5. The van der Waals surface area contributed by atoms with Gasteiger partial charge in [0.05, 0.1) is 0 Å². The highest BCUT2D eigenvalue weighted by molar-refractivity contribution is 6.30. The van der Waals surface area contributed by atoms with Crippen LogP contribution in [-0.2, 0) is 4.79 Å². The number of amides is 1. The average molecular weight is 228 g/mol. The fraction of sp³-hybridized carbons (Fsp3) is 0.200. The van der Waals surface area contributed by atoms with Gasteiger partial charge >= 0.3 is 0 Å². The number of ketones is 1. The lowest BCUT2D eigenvalue weighted by atomic mass is 10.1. The molecule has 0 fully saturated rings. The first kappa shape index (κ1) is 11.7. The Kier molecular flexibility index (Phi) is 3.82. The van der Waals surface area contributed by atoms with Crippen molar-refractivity contribution in [3.05, 3.63) is 34.9 Å². The summed E-state index contributed by atoms with van der Waals surface area (Å²) in [7, 11) is 0. The van der Waals surface area contributed by atoms with E-state index in [0.717, 1.165) is 0 Å². The molecule has 1 aromatic carbocycles. The second-order valence-electron chi connectivity index (χ2n) is 2.97. The van der Waals surface area contributed by atoms with Gasteiger partial charge in [-0.25, -0.2) is 0 Å². The molecule has 0 spiro atoms. The maximum Gasteiger partial charge on any atom is 0.219 e. The summed E-state index contributed by atoms with van der Waals surface area (Å²) in [6.45, 7) is 1.22. The molecular weight excluding hydrogens is 218 g/mol. The number of aliphatic hydroxyl groups is 1. The van der Waals surface area contributed by atoms with Crippen molar-refractivity contribution in [2.24, 2.45) is 0 Å². The Morgan fingerprint density at radius 1 is 1.33 bits per heavy atom. The van der Waals surface area contributed by atoms with Crippen LogP contribution in [-0.4, -0.2) is 23.0 Å². The van der Waals surface area contributed by atoms with Gasteiger partial charge < -0.3 is 10.4 Å². The largest absolute Gasteiger partial charge is 0.367 e. The molecule has 5 heteroatoms. The molecule has 0 aliphatic heterocycles. The van der Waals surface area contributed by atoms with E-state index < -0.39 is 17.9 Å². The topological polar surface area (TPSA) is 66.4 Å². The smallest absolute Gasteiger partial charge is 0.219 e. The van der Waals surface area contributed by atoms with Crippen molar-refractivity contribution in [3.63, 3.8) is 0 Å². The van der Waals surface area contributed by atoms with Crippen molar-refractivity contribution in [1.82, 2.24) is 5.32 Å². The minimum Gasteiger partial charge on any atom is -0.367 e. The summed E-state index contributed by atoms with van der Waals surface area (Å²) >= 11 is 5.64. The molecule has 1 aromatic rings. The number of halogens is 1. The summed E-state index contributed by atoms with van der Waals surface area (Å²) in [5.74, 6) is -1.04. The van der Waals surface area contributed by atoms with Crippen LogP contribution in [0.2, 0.25) is 5.02 Å². The fourth-order valence-electron chi connectivity index (χ4n) is 1.03. The number of hydrogen-bond donors (Lipinski definition) is 2. The molecule has 0 radical (unpaired) electrons. The van der Waals surface area contributed by atoms with E-state index in [9.17, 15) is 14.7 Å². The molecule has 0 aliphatic carbocycles. The van der Waals surface area contributed by atoms with Gasteiger partial charge in [0.15, 0.2) is 6.23 Å². The Morgan fingerprint density at radius 3 is 2.33 bits per heavy atom. The van der Waals surface area contributed by atoms with E-state index in [4.69, 9.17) is 11.6 Å². The van der Waals surface area contributed by atoms with Gasteiger partial charge in [0, 0.05) is 17.5 Å². The standard InChI is InChI=1S/C10H10ClNO3/c1-6(13)12-10(15)9(14)7-2-4-8(11)5-3-7/h2-5,10,15H,1H3,(H,12,13). The van der Waals surface area contributed by atoms with Crippen molar-refractivity contribution in [3.8, 4) is 0 Å². The van der Waals surface area contributed by atoms with Gasteiger partial charge in [0.2, 0.25) is 11.7 Å². The van der Waals surface area contributed by atoms with Gasteiger partial charge in [-0.15, -0.1) is 0 Å². The summed E-state index contributed by atoms with van der Waals surface area (Å²) in [6, 6.07) is 6.04. The average Bonchev–Trinajstić information content (AvgIpc) is 2.17. The molecule has 0 saturated heterocycles. The number of carbonyl (C=O) groups excluding carboxylic acids is 2. The van der Waals surface area contributed by atoms with Crippen molar-refractivity contribution >= 4 is 23.3 Å². The molecule has 1 amide bonds. The third kappa shape index (κ3) is 3.34. The highest BCUT2D eigenvalue weighted by Crippen LogP contribution is 2.10. The van der Waals surface area contributed by atoms with Gasteiger partial charge in [-0.05, 0) is 24.3 Å². The van der Waals surface area contributed by atoms with Crippen LogP contribution >= 0.6 is 11.6 Å². The number of aliphatic hydroxyl groups excluding tert-OH is 1. The third-order valence-electron chi connectivity index (χ3n) is 1.72. The number of rotatable bonds is 3. The Morgan fingerprint density at radius 2 is 1.87 bits per heavy atom. The van der Waals surface area contributed by atoms with E-state index in [-0.39, 0.29) is 0 Å². The molecule has 0 bridgehead atoms. The Balaban J connectivity index is 2.76. The zero-order chi connectivity index (χ0) is 11.4. The van der Waals surface area contributed by atoms with E-state index in [1.165, 1.54) is 31.2 Å². The lowest BCUT2D eigenvalue weighted by Gasteiger charge is -2.09. The molecule has 80 valence electrons. The van der Waals surface area contributed by atoms with Crippen LogP contribution in [0.15, 0.2) is 24.3 Å². The summed E-state index contributed by atoms with van der Waals surface area (Å²) < 4.78 is 0. The van der Waals surface area contributed by atoms with Crippen LogP contribution in [0.1, 0.15) is 17.3 Å². The van der Waals surface area contributed by atoms with E-state index in [1.807, 2.05) is 0 Å². The second kappa shape index (κ2) is 4.91. The molecule has 2 N–H and O–H groups in total. The van der Waals surface area contributed by atoms with E-state index in [0.29, 0.717) is 10.6 Å². The van der Waals surface area contributed by atoms with Crippen molar-refractivity contribution in [2.75, 3.05) is 0 Å². The monoisotopic (exact) mass is 227 g/mol. The fourth-order valence-corrected chi connectivity index (χ4v) is 1.16. The highest BCUT2D eigenvalue weighted by atomic mass is 35.5. The minimum absolute atomic E-state index is 0.292. The number of nitrogens with one attached hydrogen (secondary N) is 1. The zero-order valence-corrected chi connectivity index (χ0v) is 8.78. The first-order valence-electron chi connectivity index (χ1n) is 4.25. The predicted molar refractivity (Wildman–Crippen MR) is 55.6 cm³/mol. The van der Waals surface area contributed by atoms with E-state index in [2.05, 4.69) is 5.32 Å². The number of benzene rings is 1. The number of Topliss-reactive ketones (excluding diaryl/α,β-unsaturated/α-hetero) is 1. The van der Waals surface area contributed by atoms with Crippen molar-refractivity contribution < 1.29 is 14.7 Å². The van der Waals surface area contributed by atoms with Crippen LogP contribution in [0, 0.1) is 0 Å². The summed E-state index contributed by atoms with van der Waals surface area (Å²) in [5, 5.41) is 11.9. The first-order chi connectivity index (χ1) is 7.00.